The lowest BCUT2D eigenvalue weighted by Gasteiger charge is -2.26. The summed E-state index contributed by atoms with van der Waals surface area (Å²) in [6, 6.07) is 28.8. The van der Waals surface area contributed by atoms with Gasteiger partial charge in [0.15, 0.2) is 6.61 Å². The zero-order chi connectivity index (χ0) is 28.1. The third-order valence-electron chi connectivity index (χ3n) is 6.14. The predicted molar refractivity (Wildman–Crippen MR) is 151 cm³/mol. The molecule has 1 atom stereocenters. The van der Waals surface area contributed by atoms with Crippen LogP contribution in [0, 0.1) is 11.3 Å². The zero-order valence-electron chi connectivity index (χ0n) is 21.0. The van der Waals surface area contributed by atoms with Crippen LogP contribution in [0.3, 0.4) is 0 Å². The lowest BCUT2D eigenvalue weighted by atomic mass is 9.83. The van der Waals surface area contributed by atoms with E-state index in [1.807, 2.05) is 48.5 Å². The highest BCUT2D eigenvalue weighted by Crippen LogP contribution is 2.43. The van der Waals surface area contributed by atoms with E-state index in [9.17, 15) is 10.1 Å². The number of allylic oxidation sites excluding steroid dienone is 1. The number of para-hydroxylation sites is 1. The van der Waals surface area contributed by atoms with Crippen LogP contribution in [0.1, 0.15) is 22.6 Å². The van der Waals surface area contributed by atoms with Gasteiger partial charge in [-0.25, -0.2) is 4.79 Å². The number of ether oxygens (including phenoxy) is 4. The first-order chi connectivity index (χ1) is 19.4. The van der Waals surface area contributed by atoms with Gasteiger partial charge in [-0.05, 0) is 53.6 Å². The van der Waals surface area contributed by atoms with Crippen LogP contribution in [-0.4, -0.2) is 12.6 Å². The second kappa shape index (κ2) is 12.0. The summed E-state index contributed by atoms with van der Waals surface area (Å²) in [7, 11) is 0. The molecule has 0 spiro atoms. The van der Waals surface area contributed by atoms with E-state index in [1.54, 1.807) is 42.5 Å². The minimum absolute atomic E-state index is 0.0198. The summed E-state index contributed by atoms with van der Waals surface area (Å²) in [6.45, 7) is 0.0508. The van der Waals surface area contributed by atoms with Gasteiger partial charge in [-0.2, -0.15) is 5.26 Å². The van der Waals surface area contributed by atoms with Gasteiger partial charge < -0.3 is 24.7 Å². The van der Waals surface area contributed by atoms with E-state index in [2.05, 4.69) is 6.07 Å². The fourth-order valence-electron chi connectivity index (χ4n) is 4.21. The number of hydrogen-bond donors (Lipinski definition) is 1. The Labute approximate surface area is 240 Å². The number of carbonyl (C=O) groups excluding carboxylic acids is 1. The van der Waals surface area contributed by atoms with Gasteiger partial charge in [0.2, 0.25) is 5.88 Å². The summed E-state index contributed by atoms with van der Waals surface area (Å²) >= 11 is 12.0. The molecule has 1 aliphatic heterocycles. The molecule has 0 amide bonds. The van der Waals surface area contributed by atoms with E-state index < -0.39 is 11.9 Å². The number of carbonyl (C=O) groups is 1. The van der Waals surface area contributed by atoms with Crippen LogP contribution in [0.2, 0.25) is 10.0 Å². The molecule has 0 bridgehead atoms. The summed E-state index contributed by atoms with van der Waals surface area (Å²) in [4.78, 5) is 12.4. The molecular weight excluding hydrogens is 551 g/mol. The fraction of sp³-hybridized carbons (Fsp3) is 0.0968. The molecular formula is C31H22Cl2N2O5. The molecule has 200 valence electrons. The van der Waals surface area contributed by atoms with Gasteiger partial charge in [0.25, 0.3) is 0 Å². The SMILES string of the molecule is N#CC1=C(N)Oc2cc(OC(=O)COc3ccccc3Cl)ccc2C1c1ccc(OCc2ccc(Cl)cc2)cc1. The number of hydrogen-bond acceptors (Lipinski definition) is 7. The molecule has 0 aromatic heterocycles. The highest BCUT2D eigenvalue weighted by molar-refractivity contribution is 6.32. The third-order valence-corrected chi connectivity index (χ3v) is 6.70. The average molecular weight is 573 g/mol. The molecule has 9 heteroatoms. The van der Waals surface area contributed by atoms with Gasteiger partial charge in [0.05, 0.1) is 10.9 Å². The molecule has 0 fully saturated rings. The van der Waals surface area contributed by atoms with Crippen molar-refractivity contribution in [3.05, 3.63) is 129 Å². The van der Waals surface area contributed by atoms with Crippen LogP contribution >= 0.6 is 23.2 Å². The molecule has 2 N–H and O–H groups in total. The Balaban J connectivity index is 1.30. The number of fused-ring (bicyclic) bond motifs is 1. The van der Waals surface area contributed by atoms with Gasteiger partial charge >= 0.3 is 5.97 Å². The Kier molecular flexibility index (Phi) is 8.11. The van der Waals surface area contributed by atoms with Crippen molar-refractivity contribution in [2.24, 2.45) is 5.73 Å². The summed E-state index contributed by atoms with van der Waals surface area (Å²) in [5, 5.41) is 10.9. The Morgan fingerprint density at radius 3 is 2.38 bits per heavy atom. The molecule has 7 nitrogen and oxygen atoms in total. The second-order valence-electron chi connectivity index (χ2n) is 8.80. The van der Waals surface area contributed by atoms with Gasteiger partial charge in [0, 0.05) is 16.7 Å². The number of esters is 1. The summed E-state index contributed by atoms with van der Waals surface area (Å²) in [6.07, 6.45) is 0. The molecule has 0 radical (unpaired) electrons. The van der Waals surface area contributed by atoms with E-state index in [4.69, 9.17) is 47.9 Å². The van der Waals surface area contributed by atoms with E-state index in [1.165, 1.54) is 0 Å². The van der Waals surface area contributed by atoms with Crippen molar-refractivity contribution >= 4 is 29.2 Å². The van der Waals surface area contributed by atoms with Crippen molar-refractivity contribution in [2.75, 3.05) is 6.61 Å². The molecule has 0 saturated carbocycles. The van der Waals surface area contributed by atoms with Gasteiger partial charge in [-0.15, -0.1) is 0 Å². The number of rotatable bonds is 8. The molecule has 5 rings (SSSR count). The van der Waals surface area contributed by atoms with Gasteiger partial charge in [-0.1, -0.05) is 65.7 Å². The zero-order valence-corrected chi connectivity index (χ0v) is 22.5. The number of nitrogens with zero attached hydrogens (tertiary/aromatic N) is 1. The molecule has 0 saturated heterocycles. The normalized spacial score (nSPS) is 14.0. The Morgan fingerprint density at radius 2 is 1.65 bits per heavy atom. The third kappa shape index (κ3) is 6.15. The lowest BCUT2D eigenvalue weighted by Crippen LogP contribution is -2.21. The number of nitrogens with two attached hydrogens (primary N) is 1. The van der Waals surface area contributed by atoms with E-state index in [0.717, 1.165) is 11.1 Å². The largest absolute Gasteiger partial charge is 0.489 e. The quantitative estimate of drug-likeness (QED) is 0.183. The van der Waals surface area contributed by atoms with E-state index >= 15 is 0 Å². The monoisotopic (exact) mass is 572 g/mol. The molecule has 4 aromatic rings. The minimum atomic E-state index is -0.623. The fourth-order valence-corrected chi connectivity index (χ4v) is 4.52. The minimum Gasteiger partial charge on any atom is -0.489 e. The first-order valence-corrected chi connectivity index (χ1v) is 12.9. The van der Waals surface area contributed by atoms with Crippen LogP contribution < -0.4 is 24.7 Å². The molecule has 1 heterocycles. The molecule has 1 aliphatic rings. The maximum Gasteiger partial charge on any atom is 0.349 e. The maximum atomic E-state index is 12.4. The molecule has 0 aliphatic carbocycles. The van der Waals surface area contributed by atoms with Gasteiger partial charge in [-0.3, -0.25) is 0 Å². The predicted octanol–water partition coefficient (Wildman–Crippen LogP) is 6.77. The van der Waals surface area contributed by atoms with Crippen LogP contribution in [0.25, 0.3) is 0 Å². The lowest BCUT2D eigenvalue weighted by molar-refractivity contribution is -0.136. The highest BCUT2D eigenvalue weighted by Gasteiger charge is 2.31. The standard InChI is InChI=1S/C31H22Cl2N2O5/c32-21-9-5-19(6-10-21)17-37-22-11-7-20(8-12-22)30-24-14-13-23(15-28(24)40-31(35)25(30)16-34)39-29(36)18-38-27-4-2-1-3-26(27)33/h1-15,30H,17-18,35H2. The highest BCUT2D eigenvalue weighted by atomic mass is 35.5. The van der Waals surface area contributed by atoms with Crippen molar-refractivity contribution in [2.45, 2.75) is 12.5 Å². The molecule has 40 heavy (non-hydrogen) atoms. The van der Waals surface area contributed by atoms with Crippen LogP contribution in [-0.2, 0) is 11.4 Å². The van der Waals surface area contributed by atoms with Gasteiger partial charge in [0.1, 0.15) is 41.2 Å². The molecule has 4 aromatic carbocycles. The topological polar surface area (TPSA) is 104 Å². The Hall–Kier alpha value is -4.64. The van der Waals surface area contributed by atoms with E-state index in [0.29, 0.717) is 39.5 Å². The van der Waals surface area contributed by atoms with Crippen molar-refractivity contribution in [3.63, 3.8) is 0 Å². The summed E-state index contributed by atoms with van der Waals surface area (Å²) < 4.78 is 22.5. The molecule has 1 unspecified atom stereocenters. The smallest absolute Gasteiger partial charge is 0.349 e. The van der Waals surface area contributed by atoms with Crippen LogP contribution in [0.4, 0.5) is 0 Å². The summed E-state index contributed by atoms with van der Waals surface area (Å²) in [5.41, 5.74) is 8.91. The summed E-state index contributed by atoms with van der Waals surface area (Å²) in [5.74, 6) is 0.540. The number of nitriles is 1. The Morgan fingerprint density at radius 1 is 0.925 bits per heavy atom. The van der Waals surface area contributed by atoms with Crippen molar-refractivity contribution in [1.29, 1.82) is 5.26 Å². The van der Waals surface area contributed by atoms with Crippen LogP contribution in [0.5, 0.6) is 23.0 Å². The average Bonchev–Trinajstić information content (AvgIpc) is 2.96. The first-order valence-electron chi connectivity index (χ1n) is 12.2. The Bertz CT molecular complexity index is 1610. The first kappa shape index (κ1) is 26.9. The second-order valence-corrected chi connectivity index (χ2v) is 9.65. The van der Waals surface area contributed by atoms with Crippen LogP contribution in [0.15, 0.2) is 102 Å². The van der Waals surface area contributed by atoms with Crippen molar-refractivity contribution in [1.82, 2.24) is 0 Å². The van der Waals surface area contributed by atoms with E-state index in [-0.39, 0.29) is 23.8 Å². The number of benzene rings is 4. The van der Waals surface area contributed by atoms with Crippen molar-refractivity contribution < 1.29 is 23.7 Å². The van der Waals surface area contributed by atoms with Crippen molar-refractivity contribution in [3.8, 4) is 29.1 Å². The number of halogens is 2. The maximum absolute atomic E-state index is 12.4.